The lowest BCUT2D eigenvalue weighted by Crippen LogP contribution is -2.18. The minimum atomic E-state index is -1.56. The number of hydrogen-bond donors (Lipinski definition) is 1. The SMILES string of the molecule is O=C(O)C(=O)c1cc2c(cc1Cl)OCCO2. The third-order valence-corrected chi connectivity index (χ3v) is 2.38. The van der Waals surface area contributed by atoms with E-state index in [1.54, 1.807) is 0 Å². The van der Waals surface area contributed by atoms with E-state index in [1.807, 2.05) is 0 Å². The third-order valence-electron chi connectivity index (χ3n) is 2.07. The summed E-state index contributed by atoms with van der Waals surface area (Å²) in [4.78, 5) is 21.8. The minimum absolute atomic E-state index is 0.0386. The number of Topliss-reactive ketones (excluding diaryl/α,β-unsaturated/α-hetero) is 1. The van der Waals surface area contributed by atoms with Crippen LogP contribution in [0.25, 0.3) is 0 Å². The van der Waals surface area contributed by atoms with E-state index in [9.17, 15) is 9.59 Å². The number of hydrogen-bond acceptors (Lipinski definition) is 4. The van der Waals surface area contributed by atoms with Crippen molar-refractivity contribution in [1.29, 1.82) is 0 Å². The molecule has 0 spiro atoms. The number of carbonyl (C=O) groups is 2. The lowest BCUT2D eigenvalue weighted by Gasteiger charge is -2.19. The lowest BCUT2D eigenvalue weighted by atomic mass is 10.1. The molecular weight excluding hydrogens is 236 g/mol. The molecule has 1 aliphatic rings. The Morgan fingerprint density at radius 3 is 2.31 bits per heavy atom. The standard InChI is InChI=1S/C10H7ClO5/c11-6-4-8-7(15-1-2-16-8)3-5(6)9(12)10(13)14/h3-4H,1-2H2,(H,13,14). The summed E-state index contributed by atoms with van der Waals surface area (Å²) in [6, 6.07) is 2.67. The van der Waals surface area contributed by atoms with Crippen molar-refractivity contribution in [2.45, 2.75) is 0 Å². The monoisotopic (exact) mass is 242 g/mol. The van der Waals surface area contributed by atoms with Crippen molar-refractivity contribution in [3.05, 3.63) is 22.7 Å². The van der Waals surface area contributed by atoms with Gasteiger partial charge in [-0.25, -0.2) is 4.79 Å². The Labute approximate surface area is 95.5 Å². The molecule has 0 aromatic heterocycles. The van der Waals surface area contributed by atoms with Gasteiger partial charge in [0, 0.05) is 6.07 Å². The number of fused-ring (bicyclic) bond motifs is 1. The second kappa shape index (κ2) is 4.02. The van der Waals surface area contributed by atoms with Gasteiger partial charge in [0.2, 0.25) is 0 Å². The van der Waals surface area contributed by atoms with Crippen LogP contribution in [-0.4, -0.2) is 30.1 Å². The molecule has 16 heavy (non-hydrogen) atoms. The molecule has 1 aromatic carbocycles. The highest BCUT2D eigenvalue weighted by atomic mass is 35.5. The highest BCUT2D eigenvalue weighted by Gasteiger charge is 2.22. The number of carboxylic acids is 1. The van der Waals surface area contributed by atoms with E-state index >= 15 is 0 Å². The minimum Gasteiger partial charge on any atom is -0.486 e. The second-order valence-electron chi connectivity index (χ2n) is 3.11. The van der Waals surface area contributed by atoms with Gasteiger partial charge in [0.1, 0.15) is 13.2 Å². The fourth-order valence-electron chi connectivity index (χ4n) is 1.35. The predicted molar refractivity (Wildman–Crippen MR) is 54.4 cm³/mol. The van der Waals surface area contributed by atoms with Crippen molar-refractivity contribution >= 4 is 23.4 Å². The first-order valence-electron chi connectivity index (χ1n) is 4.46. The molecule has 5 nitrogen and oxygen atoms in total. The van der Waals surface area contributed by atoms with E-state index in [4.69, 9.17) is 26.2 Å². The molecule has 0 aliphatic carbocycles. The number of rotatable bonds is 2. The lowest BCUT2D eigenvalue weighted by molar-refractivity contribution is -0.131. The van der Waals surface area contributed by atoms with Crippen molar-refractivity contribution < 1.29 is 24.2 Å². The molecule has 1 aromatic rings. The summed E-state index contributed by atoms with van der Waals surface area (Å²) in [5, 5.41) is 8.62. The number of aliphatic carboxylic acids is 1. The van der Waals surface area contributed by atoms with Gasteiger partial charge in [-0.1, -0.05) is 11.6 Å². The van der Waals surface area contributed by atoms with E-state index in [2.05, 4.69) is 0 Å². The zero-order valence-corrected chi connectivity index (χ0v) is 8.78. The van der Waals surface area contributed by atoms with Gasteiger partial charge in [0.15, 0.2) is 11.5 Å². The first-order valence-corrected chi connectivity index (χ1v) is 4.84. The van der Waals surface area contributed by atoms with Crippen LogP contribution < -0.4 is 9.47 Å². The van der Waals surface area contributed by atoms with Crippen LogP contribution in [-0.2, 0) is 4.79 Å². The van der Waals surface area contributed by atoms with Crippen molar-refractivity contribution in [2.24, 2.45) is 0 Å². The molecule has 0 radical (unpaired) electrons. The molecule has 0 saturated heterocycles. The van der Waals surface area contributed by atoms with Gasteiger partial charge in [0.05, 0.1) is 10.6 Å². The van der Waals surface area contributed by atoms with Crippen molar-refractivity contribution in [3.8, 4) is 11.5 Å². The fraction of sp³-hybridized carbons (Fsp3) is 0.200. The Balaban J connectivity index is 2.47. The van der Waals surface area contributed by atoms with Crippen LogP contribution >= 0.6 is 11.6 Å². The number of carboxylic acid groups (broad SMARTS) is 1. The van der Waals surface area contributed by atoms with Crippen LogP contribution in [0.1, 0.15) is 10.4 Å². The molecule has 2 rings (SSSR count). The summed E-state index contributed by atoms with van der Waals surface area (Å²) in [5.74, 6) is -1.88. The first kappa shape index (κ1) is 10.8. The molecule has 0 bridgehead atoms. The van der Waals surface area contributed by atoms with E-state index < -0.39 is 11.8 Å². The van der Waals surface area contributed by atoms with Crippen molar-refractivity contribution in [3.63, 3.8) is 0 Å². The van der Waals surface area contributed by atoms with Crippen LogP contribution in [0.15, 0.2) is 12.1 Å². The smallest absolute Gasteiger partial charge is 0.377 e. The summed E-state index contributed by atoms with van der Waals surface area (Å²) in [6.07, 6.45) is 0. The van der Waals surface area contributed by atoms with Gasteiger partial charge in [0.25, 0.3) is 5.78 Å². The zero-order chi connectivity index (χ0) is 11.7. The average molecular weight is 243 g/mol. The van der Waals surface area contributed by atoms with Crippen LogP contribution in [0.3, 0.4) is 0 Å². The number of ketones is 1. The maximum absolute atomic E-state index is 11.3. The number of benzene rings is 1. The summed E-state index contributed by atoms with van der Waals surface area (Å²) in [7, 11) is 0. The van der Waals surface area contributed by atoms with Crippen LogP contribution in [0.4, 0.5) is 0 Å². The Morgan fingerprint density at radius 2 is 1.75 bits per heavy atom. The van der Waals surface area contributed by atoms with Gasteiger partial charge in [-0.3, -0.25) is 4.79 Å². The maximum Gasteiger partial charge on any atom is 0.377 e. The molecule has 1 heterocycles. The molecule has 6 heteroatoms. The first-order chi connectivity index (χ1) is 7.59. The molecule has 84 valence electrons. The Bertz CT molecular complexity index is 469. The molecule has 0 unspecified atom stereocenters. The van der Waals surface area contributed by atoms with Gasteiger partial charge in [-0.2, -0.15) is 0 Å². The van der Waals surface area contributed by atoms with E-state index in [-0.39, 0.29) is 10.6 Å². The zero-order valence-electron chi connectivity index (χ0n) is 8.03. The van der Waals surface area contributed by atoms with Crippen LogP contribution in [0.5, 0.6) is 11.5 Å². The average Bonchev–Trinajstić information content (AvgIpc) is 2.27. The molecule has 0 fully saturated rings. The summed E-state index contributed by atoms with van der Waals surface area (Å²) < 4.78 is 10.5. The van der Waals surface area contributed by atoms with E-state index in [0.29, 0.717) is 24.7 Å². The topological polar surface area (TPSA) is 72.8 Å². The summed E-state index contributed by atoms with van der Waals surface area (Å²) in [6.45, 7) is 0.755. The highest BCUT2D eigenvalue weighted by molar-refractivity contribution is 6.45. The predicted octanol–water partition coefficient (Wildman–Crippen LogP) is 1.38. The van der Waals surface area contributed by atoms with Crippen molar-refractivity contribution in [2.75, 3.05) is 13.2 Å². The Kier molecular flexibility index (Phi) is 2.70. The molecular formula is C10H7ClO5. The van der Waals surface area contributed by atoms with E-state index in [1.165, 1.54) is 12.1 Å². The third kappa shape index (κ3) is 1.81. The van der Waals surface area contributed by atoms with E-state index in [0.717, 1.165) is 0 Å². The Morgan fingerprint density at radius 1 is 1.19 bits per heavy atom. The second-order valence-corrected chi connectivity index (χ2v) is 3.52. The number of ether oxygens (including phenoxy) is 2. The van der Waals surface area contributed by atoms with Gasteiger partial charge < -0.3 is 14.6 Å². The largest absolute Gasteiger partial charge is 0.486 e. The maximum atomic E-state index is 11.3. The fourth-order valence-corrected chi connectivity index (χ4v) is 1.59. The molecule has 1 aliphatic heterocycles. The highest BCUT2D eigenvalue weighted by Crippen LogP contribution is 2.35. The summed E-state index contributed by atoms with van der Waals surface area (Å²) in [5.41, 5.74) is -0.0987. The van der Waals surface area contributed by atoms with Crippen LogP contribution in [0, 0.1) is 0 Å². The molecule has 1 N–H and O–H groups in total. The van der Waals surface area contributed by atoms with Gasteiger partial charge in [-0.15, -0.1) is 0 Å². The van der Waals surface area contributed by atoms with Gasteiger partial charge in [-0.05, 0) is 6.07 Å². The normalized spacial score (nSPS) is 13.3. The van der Waals surface area contributed by atoms with Gasteiger partial charge >= 0.3 is 5.97 Å². The molecule has 0 saturated carbocycles. The number of halogens is 1. The molecule has 0 atom stereocenters. The summed E-state index contributed by atoms with van der Waals surface area (Å²) >= 11 is 5.78. The number of carbonyl (C=O) groups excluding carboxylic acids is 1. The Hall–Kier alpha value is -1.75. The quantitative estimate of drug-likeness (QED) is 0.627. The van der Waals surface area contributed by atoms with Crippen molar-refractivity contribution in [1.82, 2.24) is 0 Å². The van der Waals surface area contributed by atoms with Crippen LogP contribution in [0.2, 0.25) is 5.02 Å². The molecule has 0 amide bonds.